The molecule has 1 aromatic carbocycles. The van der Waals surface area contributed by atoms with Crippen LogP contribution < -0.4 is 10.6 Å². The number of benzene rings is 1. The minimum atomic E-state index is -0.0485. The van der Waals surface area contributed by atoms with Crippen LogP contribution in [0.2, 0.25) is 0 Å². The number of carbonyl (C=O) groups is 2. The SMILES string of the molecule is CCC(=O)Nc1cccc(NC(=O)CN(CC)CC)c1. The van der Waals surface area contributed by atoms with Gasteiger partial charge in [0.1, 0.15) is 0 Å². The molecule has 2 N–H and O–H groups in total. The quantitative estimate of drug-likeness (QED) is 0.804. The van der Waals surface area contributed by atoms with Gasteiger partial charge in [-0.1, -0.05) is 26.8 Å². The molecule has 5 nitrogen and oxygen atoms in total. The number of carbonyl (C=O) groups excluding carboxylic acids is 2. The zero-order chi connectivity index (χ0) is 15.0. The van der Waals surface area contributed by atoms with Crippen LogP contribution in [0.4, 0.5) is 11.4 Å². The molecule has 0 bridgehead atoms. The Labute approximate surface area is 120 Å². The number of nitrogens with zero attached hydrogens (tertiary/aromatic N) is 1. The Hall–Kier alpha value is -1.88. The fourth-order valence-electron chi connectivity index (χ4n) is 1.77. The third kappa shape index (κ3) is 5.40. The number of anilines is 2. The summed E-state index contributed by atoms with van der Waals surface area (Å²) in [4.78, 5) is 25.3. The smallest absolute Gasteiger partial charge is 0.238 e. The maximum Gasteiger partial charge on any atom is 0.238 e. The number of likely N-dealkylation sites (N-methyl/N-ethyl adjacent to an activating group) is 1. The molecule has 0 saturated heterocycles. The van der Waals surface area contributed by atoms with Crippen molar-refractivity contribution in [3.63, 3.8) is 0 Å². The lowest BCUT2D eigenvalue weighted by Crippen LogP contribution is -2.32. The third-order valence-electron chi connectivity index (χ3n) is 3.01. The van der Waals surface area contributed by atoms with Crippen molar-refractivity contribution in [2.45, 2.75) is 27.2 Å². The fourth-order valence-corrected chi connectivity index (χ4v) is 1.77. The van der Waals surface area contributed by atoms with Crippen LogP contribution in [-0.4, -0.2) is 36.3 Å². The molecule has 5 heteroatoms. The summed E-state index contributed by atoms with van der Waals surface area (Å²) >= 11 is 0. The maximum atomic E-state index is 11.9. The van der Waals surface area contributed by atoms with Gasteiger partial charge in [-0.05, 0) is 31.3 Å². The molecular weight excluding hydrogens is 254 g/mol. The first kappa shape index (κ1) is 16.2. The molecule has 0 aromatic heterocycles. The summed E-state index contributed by atoms with van der Waals surface area (Å²) in [5.74, 6) is -0.0933. The van der Waals surface area contributed by atoms with E-state index in [0.29, 0.717) is 24.3 Å². The Morgan fingerprint density at radius 1 is 1.00 bits per heavy atom. The van der Waals surface area contributed by atoms with Gasteiger partial charge in [0.15, 0.2) is 0 Å². The highest BCUT2D eigenvalue weighted by atomic mass is 16.2. The van der Waals surface area contributed by atoms with E-state index in [9.17, 15) is 9.59 Å². The van der Waals surface area contributed by atoms with Crippen LogP contribution in [0.3, 0.4) is 0 Å². The third-order valence-corrected chi connectivity index (χ3v) is 3.01. The molecule has 0 saturated carbocycles. The fraction of sp³-hybridized carbons (Fsp3) is 0.467. The number of nitrogens with one attached hydrogen (secondary N) is 2. The first-order valence-corrected chi connectivity index (χ1v) is 7.01. The van der Waals surface area contributed by atoms with Gasteiger partial charge in [-0.3, -0.25) is 14.5 Å². The Bertz CT molecular complexity index is 456. The van der Waals surface area contributed by atoms with E-state index in [1.54, 1.807) is 25.1 Å². The average Bonchev–Trinajstić information content (AvgIpc) is 2.44. The molecule has 0 atom stereocenters. The Balaban J connectivity index is 2.61. The lowest BCUT2D eigenvalue weighted by Gasteiger charge is -2.17. The van der Waals surface area contributed by atoms with Gasteiger partial charge in [0.2, 0.25) is 11.8 Å². The second-order valence-electron chi connectivity index (χ2n) is 4.49. The van der Waals surface area contributed by atoms with Crippen molar-refractivity contribution in [3.8, 4) is 0 Å². The number of hydrogen-bond donors (Lipinski definition) is 2. The van der Waals surface area contributed by atoms with Gasteiger partial charge in [-0.25, -0.2) is 0 Å². The summed E-state index contributed by atoms with van der Waals surface area (Å²) < 4.78 is 0. The minimum Gasteiger partial charge on any atom is -0.326 e. The molecule has 0 aliphatic heterocycles. The molecule has 1 aromatic rings. The highest BCUT2D eigenvalue weighted by Gasteiger charge is 2.08. The van der Waals surface area contributed by atoms with E-state index >= 15 is 0 Å². The van der Waals surface area contributed by atoms with Crippen molar-refractivity contribution in [3.05, 3.63) is 24.3 Å². The predicted molar refractivity (Wildman–Crippen MR) is 81.8 cm³/mol. The van der Waals surface area contributed by atoms with Gasteiger partial charge < -0.3 is 10.6 Å². The second-order valence-corrected chi connectivity index (χ2v) is 4.49. The standard InChI is InChI=1S/C15H23N3O2/c1-4-14(19)16-12-8-7-9-13(10-12)17-15(20)11-18(5-2)6-3/h7-10H,4-6,11H2,1-3H3,(H,16,19)(H,17,20). The summed E-state index contributed by atoms with van der Waals surface area (Å²) in [5, 5.41) is 5.61. The molecule has 0 fully saturated rings. The Morgan fingerprint density at radius 2 is 1.55 bits per heavy atom. The van der Waals surface area contributed by atoms with Crippen LogP contribution in [0, 0.1) is 0 Å². The minimum absolute atomic E-state index is 0.0448. The monoisotopic (exact) mass is 277 g/mol. The van der Waals surface area contributed by atoms with Crippen LogP contribution in [-0.2, 0) is 9.59 Å². The topological polar surface area (TPSA) is 61.4 Å². The van der Waals surface area contributed by atoms with Crippen molar-refractivity contribution >= 4 is 23.2 Å². The largest absolute Gasteiger partial charge is 0.326 e. The molecule has 20 heavy (non-hydrogen) atoms. The molecule has 0 radical (unpaired) electrons. The van der Waals surface area contributed by atoms with Crippen molar-refractivity contribution in [2.24, 2.45) is 0 Å². The van der Waals surface area contributed by atoms with Gasteiger partial charge in [-0.15, -0.1) is 0 Å². The normalized spacial score (nSPS) is 10.4. The summed E-state index contributed by atoms with van der Waals surface area (Å²) in [6.45, 7) is 7.91. The first-order chi connectivity index (χ1) is 9.58. The van der Waals surface area contributed by atoms with Crippen molar-refractivity contribution in [1.82, 2.24) is 4.90 Å². The van der Waals surface area contributed by atoms with E-state index in [2.05, 4.69) is 10.6 Å². The molecule has 0 aliphatic carbocycles. The van der Waals surface area contributed by atoms with Crippen LogP contribution in [0.15, 0.2) is 24.3 Å². The van der Waals surface area contributed by atoms with E-state index in [0.717, 1.165) is 13.1 Å². The van der Waals surface area contributed by atoms with E-state index in [1.807, 2.05) is 24.8 Å². The number of hydrogen-bond acceptors (Lipinski definition) is 3. The van der Waals surface area contributed by atoms with Crippen LogP contribution in [0.1, 0.15) is 27.2 Å². The highest BCUT2D eigenvalue weighted by Crippen LogP contribution is 2.15. The van der Waals surface area contributed by atoms with E-state index in [-0.39, 0.29) is 11.8 Å². The molecular formula is C15H23N3O2. The highest BCUT2D eigenvalue weighted by molar-refractivity contribution is 5.94. The predicted octanol–water partition coefficient (Wildman–Crippen LogP) is 2.32. The molecule has 2 amide bonds. The molecule has 0 spiro atoms. The zero-order valence-corrected chi connectivity index (χ0v) is 12.4. The lowest BCUT2D eigenvalue weighted by molar-refractivity contribution is -0.117. The van der Waals surface area contributed by atoms with Crippen LogP contribution >= 0.6 is 0 Å². The summed E-state index contributed by atoms with van der Waals surface area (Å²) in [6, 6.07) is 7.17. The van der Waals surface area contributed by atoms with E-state index < -0.39 is 0 Å². The average molecular weight is 277 g/mol. The summed E-state index contributed by atoms with van der Waals surface area (Å²) in [7, 11) is 0. The van der Waals surface area contributed by atoms with Gasteiger partial charge >= 0.3 is 0 Å². The summed E-state index contributed by atoms with van der Waals surface area (Å²) in [6.07, 6.45) is 0.429. The Morgan fingerprint density at radius 3 is 2.05 bits per heavy atom. The van der Waals surface area contributed by atoms with Crippen LogP contribution in [0.25, 0.3) is 0 Å². The summed E-state index contributed by atoms with van der Waals surface area (Å²) in [5.41, 5.74) is 1.38. The van der Waals surface area contributed by atoms with Gasteiger partial charge in [-0.2, -0.15) is 0 Å². The van der Waals surface area contributed by atoms with Crippen molar-refractivity contribution < 1.29 is 9.59 Å². The Kier molecular flexibility index (Phi) is 6.73. The number of amides is 2. The first-order valence-electron chi connectivity index (χ1n) is 7.01. The van der Waals surface area contributed by atoms with Crippen LogP contribution in [0.5, 0.6) is 0 Å². The molecule has 0 unspecified atom stereocenters. The lowest BCUT2D eigenvalue weighted by atomic mass is 10.2. The van der Waals surface area contributed by atoms with Gasteiger partial charge in [0.25, 0.3) is 0 Å². The molecule has 1 rings (SSSR count). The van der Waals surface area contributed by atoms with Gasteiger partial charge in [0.05, 0.1) is 6.54 Å². The van der Waals surface area contributed by atoms with E-state index in [4.69, 9.17) is 0 Å². The van der Waals surface area contributed by atoms with Crippen molar-refractivity contribution in [1.29, 1.82) is 0 Å². The maximum absolute atomic E-state index is 11.9. The molecule has 110 valence electrons. The van der Waals surface area contributed by atoms with E-state index in [1.165, 1.54) is 0 Å². The molecule has 0 aliphatic rings. The number of rotatable bonds is 7. The van der Waals surface area contributed by atoms with Crippen molar-refractivity contribution in [2.75, 3.05) is 30.3 Å². The zero-order valence-electron chi connectivity index (χ0n) is 12.4. The van der Waals surface area contributed by atoms with Gasteiger partial charge in [0, 0.05) is 17.8 Å². The molecule has 0 heterocycles. The second kappa shape index (κ2) is 8.32.